The number of nitrogens with zero attached hydrogens (tertiary/aromatic N) is 4. The zero-order chi connectivity index (χ0) is 18.4. The van der Waals surface area contributed by atoms with Crippen LogP contribution in [0, 0.1) is 0 Å². The van der Waals surface area contributed by atoms with E-state index in [9.17, 15) is 0 Å². The molecule has 3 aromatic rings. The van der Waals surface area contributed by atoms with Crippen molar-refractivity contribution in [1.29, 1.82) is 0 Å². The van der Waals surface area contributed by atoms with Crippen molar-refractivity contribution in [1.82, 2.24) is 15.4 Å². The van der Waals surface area contributed by atoms with Gasteiger partial charge < -0.3 is 5.32 Å². The Morgan fingerprint density at radius 1 is 1.15 bits per heavy atom. The summed E-state index contributed by atoms with van der Waals surface area (Å²) >= 11 is 0. The molecule has 27 heavy (non-hydrogen) atoms. The van der Waals surface area contributed by atoms with Crippen molar-refractivity contribution in [2.24, 2.45) is 4.99 Å². The number of hydrazine groups is 1. The molecular formula is C21H18N6. The maximum absolute atomic E-state index is 4.58. The fourth-order valence-corrected chi connectivity index (χ4v) is 3.43. The molecule has 1 aromatic carbocycles. The lowest BCUT2D eigenvalue weighted by molar-refractivity contribution is 0.891. The van der Waals surface area contributed by atoms with Crippen LogP contribution >= 0.6 is 0 Å². The fraction of sp³-hybridized carbons (Fsp3) is 0.0952. The minimum Gasteiger partial charge on any atom is -0.339 e. The van der Waals surface area contributed by atoms with E-state index in [1.165, 1.54) is 0 Å². The summed E-state index contributed by atoms with van der Waals surface area (Å²) in [5.74, 6) is 0.818. The van der Waals surface area contributed by atoms with Crippen LogP contribution in [0.3, 0.4) is 0 Å². The van der Waals surface area contributed by atoms with Crippen LogP contribution in [0.2, 0.25) is 0 Å². The van der Waals surface area contributed by atoms with Crippen molar-refractivity contribution in [3.05, 3.63) is 82.2 Å². The van der Waals surface area contributed by atoms with Crippen LogP contribution in [0.5, 0.6) is 0 Å². The molecular weight excluding hydrogens is 336 g/mol. The molecule has 6 heteroatoms. The van der Waals surface area contributed by atoms with Gasteiger partial charge in [-0.25, -0.2) is 0 Å². The zero-order valence-corrected chi connectivity index (χ0v) is 14.9. The summed E-state index contributed by atoms with van der Waals surface area (Å²) in [5, 5.41) is 7.22. The Morgan fingerprint density at radius 3 is 2.93 bits per heavy atom. The predicted octanol–water partition coefficient (Wildman–Crippen LogP) is 1.37. The molecule has 4 heterocycles. The third-order valence-electron chi connectivity index (χ3n) is 4.81. The molecule has 0 unspecified atom stereocenters. The molecule has 0 bridgehead atoms. The largest absolute Gasteiger partial charge is 0.339 e. The minimum absolute atomic E-state index is 0.672. The van der Waals surface area contributed by atoms with Crippen LogP contribution < -0.4 is 26.3 Å². The van der Waals surface area contributed by atoms with Gasteiger partial charge in [-0.05, 0) is 36.4 Å². The fourth-order valence-electron chi connectivity index (χ4n) is 3.43. The number of aliphatic imine (C=N–C) groups is 1. The highest BCUT2D eigenvalue weighted by molar-refractivity contribution is 6.09. The maximum atomic E-state index is 4.58. The van der Waals surface area contributed by atoms with E-state index in [1.807, 2.05) is 36.5 Å². The number of anilines is 2. The Hall–Kier alpha value is -3.67. The SMILES string of the molecule is C=c1ccc(=C2NN(C)c3cc(NC4=NCc5cccnc54)ccc32)cn1. The molecule has 0 amide bonds. The molecule has 0 radical (unpaired) electrons. The predicted molar refractivity (Wildman–Crippen MR) is 108 cm³/mol. The quantitative estimate of drug-likeness (QED) is 0.691. The Bertz CT molecular complexity index is 1170. The molecule has 0 fully saturated rings. The summed E-state index contributed by atoms with van der Waals surface area (Å²) in [7, 11) is 2.00. The van der Waals surface area contributed by atoms with Crippen molar-refractivity contribution in [3.63, 3.8) is 0 Å². The van der Waals surface area contributed by atoms with Gasteiger partial charge >= 0.3 is 0 Å². The van der Waals surface area contributed by atoms with Gasteiger partial charge in [-0.3, -0.25) is 25.4 Å². The van der Waals surface area contributed by atoms with E-state index in [0.29, 0.717) is 6.54 Å². The van der Waals surface area contributed by atoms with Gasteiger partial charge in [0.25, 0.3) is 0 Å². The Labute approximate surface area is 156 Å². The first-order valence-corrected chi connectivity index (χ1v) is 8.75. The summed E-state index contributed by atoms with van der Waals surface area (Å²) in [6, 6.07) is 14.2. The van der Waals surface area contributed by atoms with Crippen molar-refractivity contribution >= 4 is 29.5 Å². The molecule has 0 spiro atoms. The van der Waals surface area contributed by atoms with Gasteiger partial charge in [0.15, 0.2) is 5.84 Å². The van der Waals surface area contributed by atoms with Crippen LogP contribution in [-0.4, -0.2) is 22.9 Å². The van der Waals surface area contributed by atoms with Gasteiger partial charge in [0.1, 0.15) is 5.69 Å². The second-order valence-corrected chi connectivity index (χ2v) is 6.62. The van der Waals surface area contributed by atoms with E-state index in [-0.39, 0.29) is 0 Å². The molecule has 2 aliphatic heterocycles. The summed E-state index contributed by atoms with van der Waals surface area (Å²) in [4.78, 5) is 13.3. The number of amidine groups is 1. The number of hydrogen-bond acceptors (Lipinski definition) is 6. The number of hydrogen-bond donors (Lipinski definition) is 2. The third kappa shape index (κ3) is 2.62. The van der Waals surface area contributed by atoms with Crippen LogP contribution in [0.15, 0.2) is 59.9 Å². The van der Waals surface area contributed by atoms with Gasteiger partial charge in [0.05, 0.1) is 23.3 Å². The highest BCUT2D eigenvalue weighted by atomic mass is 15.5. The van der Waals surface area contributed by atoms with E-state index in [2.05, 4.69) is 56.5 Å². The van der Waals surface area contributed by atoms with Crippen molar-refractivity contribution < 1.29 is 0 Å². The maximum Gasteiger partial charge on any atom is 0.152 e. The molecule has 0 saturated heterocycles. The summed E-state index contributed by atoms with van der Waals surface area (Å²) in [6.07, 6.45) is 3.64. The molecule has 2 N–H and O–H groups in total. The Kier molecular flexibility index (Phi) is 3.43. The molecule has 2 aliphatic rings. The van der Waals surface area contributed by atoms with E-state index >= 15 is 0 Å². The highest BCUT2D eigenvalue weighted by Crippen LogP contribution is 2.32. The molecule has 5 rings (SSSR count). The number of fused-ring (bicyclic) bond motifs is 2. The Morgan fingerprint density at radius 2 is 2.07 bits per heavy atom. The molecule has 6 nitrogen and oxygen atoms in total. The molecule has 0 aliphatic carbocycles. The molecule has 2 aromatic heterocycles. The van der Waals surface area contributed by atoms with Crippen molar-refractivity contribution in [3.8, 4) is 0 Å². The molecule has 0 saturated carbocycles. The van der Waals surface area contributed by atoms with E-state index in [1.54, 1.807) is 6.20 Å². The lowest BCUT2D eigenvalue weighted by Crippen LogP contribution is -2.30. The zero-order valence-electron chi connectivity index (χ0n) is 14.9. The smallest absolute Gasteiger partial charge is 0.152 e. The van der Waals surface area contributed by atoms with Crippen LogP contribution in [0.4, 0.5) is 11.4 Å². The first kappa shape index (κ1) is 15.6. The molecule has 0 atom stereocenters. The van der Waals surface area contributed by atoms with Crippen molar-refractivity contribution in [2.45, 2.75) is 6.54 Å². The monoisotopic (exact) mass is 354 g/mol. The minimum atomic E-state index is 0.672. The topological polar surface area (TPSA) is 65.4 Å². The lowest BCUT2D eigenvalue weighted by atomic mass is 10.1. The van der Waals surface area contributed by atoms with E-state index < -0.39 is 0 Å². The summed E-state index contributed by atoms with van der Waals surface area (Å²) < 4.78 is 0. The standard InChI is InChI=1S/C21H18N6/c1-13-5-6-15(11-23-13)19-17-8-7-16(10-18(17)27(2)26-19)25-21-20-14(12-24-21)4-3-9-22-20/h3-11,26H,1,12H2,2H3,(H,24,25). The summed E-state index contributed by atoms with van der Waals surface area (Å²) in [6.45, 7) is 4.52. The number of rotatable bonds is 1. The number of aromatic nitrogens is 2. The number of nitrogens with one attached hydrogen (secondary N) is 2. The normalized spacial score (nSPS) is 16.5. The van der Waals surface area contributed by atoms with Crippen LogP contribution in [0.1, 0.15) is 16.8 Å². The molecule has 132 valence electrons. The lowest BCUT2D eigenvalue weighted by Gasteiger charge is -2.14. The van der Waals surface area contributed by atoms with Crippen LogP contribution in [-0.2, 0) is 6.54 Å². The second-order valence-electron chi connectivity index (χ2n) is 6.62. The van der Waals surface area contributed by atoms with Gasteiger partial charge in [-0.15, -0.1) is 0 Å². The third-order valence-corrected chi connectivity index (χ3v) is 4.81. The van der Waals surface area contributed by atoms with E-state index in [4.69, 9.17) is 0 Å². The first-order valence-electron chi connectivity index (χ1n) is 8.75. The second kappa shape index (κ2) is 5.95. The van der Waals surface area contributed by atoms with Crippen molar-refractivity contribution in [2.75, 3.05) is 17.4 Å². The average Bonchev–Trinajstić information content (AvgIpc) is 3.24. The van der Waals surface area contributed by atoms with Gasteiger partial charge in [0.2, 0.25) is 0 Å². The number of benzene rings is 1. The number of pyridine rings is 2. The summed E-state index contributed by atoms with van der Waals surface area (Å²) in [5.41, 5.74) is 9.73. The van der Waals surface area contributed by atoms with Gasteiger partial charge in [-0.1, -0.05) is 12.6 Å². The van der Waals surface area contributed by atoms with Gasteiger partial charge in [-0.2, -0.15) is 0 Å². The van der Waals surface area contributed by atoms with Crippen LogP contribution in [0.25, 0.3) is 12.3 Å². The first-order chi connectivity index (χ1) is 13.2. The average molecular weight is 354 g/mol. The van der Waals surface area contributed by atoms with E-state index in [0.717, 1.165) is 50.3 Å². The highest BCUT2D eigenvalue weighted by Gasteiger charge is 2.22. The Balaban J connectivity index is 1.51. The van der Waals surface area contributed by atoms with Gasteiger partial charge in [0, 0.05) is 41.5 Å².